The summed E-state index contributed by atoms with van der Waals surface area (Å²) in [5.41, 5.74) is 0.817. The van der Waals surface area contributed by atoms with Crippen LogP contribution in [0.25, 0.3) is 0 Å². The van der Waals surface area contributed by atoms with Gasteiger partial charge in [-0.15, -0.1) is 12.4 Å². The fourth-order valence-electron chi connectivity index (χ4n) is 1.86. The van der Waals surface area contributed by atoms with Crippen LogP contribution in [0.2, 0.25) is 0 Å². The minimum Gasteiger partial charge on any atom is -0.497 e. The van der Waals surface area contributed by atoms with E-state index in [1.165, 1.54) is 6.07 Å². The van der Waals surface area contributed by atoms with E-state index >= 15 is 0 Å². The molecule has 2 N–H and O–H groups in total. The van der Waals surface area contributed by atoms with Gasteiger partial charge in [-0.2, -0.15) is 0 Å². The summed E-state index contributed by atoms with van der Waals surface area (Å²) < 4.78 is 34.2. The van der Waals surface area contributed by atoms with E-state index in [0.29, 0.717) is 11.0 Å². The summed E-state index contributed by atoms with van der Waals surface area (Å²) in [6, 6.07) is 13.3. The van der Waals surface area contributed by atoms with Crippen molar-refractivity contribution in [3.63, 3.8) is 0 Å². The third-order valence-electron chi connectivity index (χ3n) is 3.10. The fraction of sp³-hybridized carbons (Fsp3) is 0.188. The predicted molar refractivity (Wildman–Crippen MR) is 106 cm³/mol. The lowest BCUT2D eigenvalue weighted by Gasteiger charge is -2.10. The number of anilines is 1. The van der Waals surface area contributed by atoms with Crippen molar-refractivity contribution in [2.45, 2.75) is 4.90 Å². The molecule has 11 heteroatoms. The highest BCUT2D eigenvalue weighted by molar-refractivity contribution is 9.10. The number of hydrogen-bond donors (Lipinski definition) is 2. The van der Waals surface area contributed by atoms with Crippen LogP contribution in [0.15, 0.2) is 57.9 Å². The molecule has 0 saturated carbocycles. The van der Waals surface area contributed by atoms with Crippen LogP contribution in [0.3, 0.4) is 0 Å². The Morgan fingerprint density at radius 3 is 2.41 bits per heavy atom. The van der Waals surface area contributed by atoms with E-state index in [-0.39, 0.29) is 23.9 Å². The van der Waals surface area contributed by atoms with Crippen molar-refractivity contribution in [1.29, 1.82) is 0 Å². The quantitative estimate of drug-likeness (QED) is 0.339. The lowest BCUT2D eigenvalue weighted by atomic mass is 10.3. The van der Waals surface area contributed by atoms with Gasteiger partial charge in [0.15, 0.2) is 0 Å². The Hall–Kier alpha value is -2.01. The van der Waals surface area contributed by atoms with Crippen molar-refractivity contribution in [2.24, 2.45) is 0 Å². The number of carbonyl (C=O) groups excluding carboxylic acids is 1. The zero-order valence-corrected chi connectivity index (χ0v) is 17.4. The smallest absolute Gasteiger partial charge is 0.497 e. The largest absolute Gasteiger partial charge is 0.528 e. The number of benzene rings is 2. The van der Waals surface area contributed by atoms with Crippen LogP contribution in [-0.2, 0) is 19.6 Å². The van der Waals surface area contributed by atoms with Gasteiger partial charge >= 0.3 is 6.16 Å². The van der Waals surface area contributed by atoms with E-state index in [0.717, 1.165) is 11.4 Å². The number of ether oxygens (including phenoxy) is 2. The minimum absolute atomic E-state index is 0. The molecule has 0 unspecified atom stereocenters. The van der Waals surface area contributed by atoms with Gasteiger partial charge in [0.2, 0.25) is 0 Å². The average molecular weight is 482 g/mol. The molecule has 0 aliphatic heterocycles. The summed E-state index contributed by atoms with van der Waals surface area (Å²) >= 11 is 3.11. The first-order valence-corrected chi connectivity index (χ1v) is 9.68. The fourth-order valence-corrected chi connectivity index (χ4v) is 3.64. The zero-order chi connectivity index (χ0) is 19.0. The van der Waals surface area contributed by atoms with Crippen molar-refractivity contribution in [3.8, 4) is 5.75 Å². The van der Waals surface area contributed by atoms with Gasteiger partial charge in [-0.3, -0.25) is 0 Å². The van der Waals surface area contributed by atoms with Crippen LogP contribution in [0.4, 0.5) is 10.5 Å². The molecule has 0 heterocycles. The zero-order valence-electron chi connectivity index (χ0n) is 14.2. The summed E-state index contributed by atoms with van der Waals surface area (Å²) in [6.45, 7) is 0.306. The predicted octanol–water partition coefficient (Wildman–Crippen LogP) is 3.34. The Morgan fingerprint density at radius 1 is 1.11 bits per heavy atom. The minimum atomic E-state index is -4.01. The Morgan fingerprint density at radius 2 is 1.78 bits per heavy atom. The molecule has 2 aromatic rings. The number of methoxy groups -OCH3 is 1. The molecule has 0 spiro atoms. The summed E-state index contributed by atoms with van der Waals surface area (Å²) in [5.74, 6) is 0.729. The molecular formula is C16H18BrClN2O6S. The van der Waals surface area contributed by atoms with E-state index in [1.54, 1.807) is 42.3 Å². The monoisotopic (exact) mass is 480 g/mol. The van der Waals surface area contributed by atoms with Crippen LogP contribution in [0.1, 0.15) is 0 Å². The van der Waals surface area contributed by atoms with E-state index in [9.17, 15) is 13.2 Å². The normalized spacial score (nSPS) is 10.4. The van der Waals surface area contributed by atoms with Crippen molar-refractivity contribution >= 4 is 50.2 Å². The molecule has 0 radical (unpaired) electrons. The van der Waals surface area contributed by atoms with E-state index in [4.69, 9.17) is 9.47 Å². The maximum atomic E-state index is 12.0. The molecule has 0 bridgehead atoms. The Kier molecular flexibility index (Phi) is 9.36. The third kappa shape index (κ3) is 7.25. The first-order chi connectivity index (χ1) is 12.4. The Balaban J connectivity index is 0.00000364. The standard InChI is InChI=1S/C16H17BrN2O6S.ClH/c1-23-13-8-6-12(7-9-13)18-10-11-24-16(20)25-19-26(21,22)15-5-3-2-4-14(15)17;/h2-9,18-19H,10-11H2,1H3;1H. The highest BCUT2D eigenvalue weighted by Gasteiger charge is 2.19. The lowest BCUT2D eigenvalue weighted by molar-refractivity contribution is 0.0418. The molecule has 27 heavy (non-hydrogen) atoms. The molecule has 0 aromatic heterocycles. The van der Waals surface area contributed by atoms with Gasteiger partial charge < -0.3 is 19.6 Å². The van der Waals surface area contributed by atoms with Gasteiger partial charge in [0.1, 0.15) is 12.4 Å². The molecule has 148 valence electrons. The number of carbonyl (C=O) groups is 1. The average Bonchev–Trinajstić information content (AvgIpc) is 2.64. The van der Waals surface area contributed by atoms with Crippen LogP contribution < -0.4 is 14.9 Å². The van der Waals surface area contributed by atoms with Crippen LogP contribution in [0, 0.1) is 0 Å². The molecule has 0 fully saturated rings. The summed E-state index contributed by atoms with van der Waals surface area (Å²) in [6.07, 6.45) is -1.16. The molecule has 0 aliphatic rings. The number of hydrogen-bond acceptors (Lipinski definition) is 7. The SMILES string of the molecule is COc1ccc(NCCOC(=O)ONS(=O)(=O)c2ccccc2Br)cc1.Cl. The molecule has 0 aliphatic carbocycles. The number of sulfonamides is 1. The van der Waals surface area contributed by atoms with Crippen molar-refractivity contribution in [3.05, 3.63) is 53.0 Å². The molecule has 2 aromatic carbocycles. The second-order valence-electron chi connectivity index (χ2n) is 4.87. The second kappa shape index (κ2) is 11.0. The summed E-state index contributed by atoms with van der Waals surface area (Å²) in [5, 5.41) is 3.02. The Labute approximate surface area is 171 Å². The van der Waals surface area contributed by atoms with Crippen LogP contribution >= 0.6 is 28.3 Å². The number of rotatable bonds is 8. The van der Waals surface area contributed by atoms with Crippen molar-refractivity contribution in [2.75, 3.05) is 25.6 Å². The van der Waals surface area contributed by atoms with Crippen molar-refractivity contribution in [1.82, 2.24) is 4.89 Å². The second-order valence-corrected chi connectivity index (χ2v) is 7.34. The Bertz CT molecular complexity index is 848. The number of nitrogens with one attached hydrogen (secondary N) is 2. The first kappa shape index (κ1) is 23.0. The molecule has 0 amide bonds. The molecular weight excluding hydrogens is 464 g/mol. The maximum Gasteiger partial charge on any atom is 0.528 e. The number of halogens is 2. The summed E-state index contributed by atoms with van der Waals surface area (Å²) in [4.78, 5) is 17.6. The van der Waals surface area contributed by atoms with Gasteiger partial charge in [-0.25, -0.2) is 13.2 Å². The molecule has 2 rings (SSSR count). The van der Waals surface area contributed by atoms with Crippen LogP contribution in [-0.4, -0.2) is 34.8 Å². The van der Waals surface area contributed by atoms with E-state index in [2.05, 4.69) is 26.1 Å². The van der Waals surface area contributed by atoms with Gasteiger partial charge in [0.25, 0.3) is 10.0 Å². The van der Waals surface area contributed by atoms with Gasteiger partial charge in [0.05, 0.1) is 12.0 Å². The molecule has 0 saturated heterocycles. The van der Waals surface area contributed by atoms with Gasteiger partial charge in [-0.05, 0) is 57.2 Å². The van der Waals surface area contributed by atoms with E-state index in [1.807, 2.05) is 12.1 Å². The van der Waals surface area contributed by atoms with E-state index < -0.39 is 16.2 Å². The van der Waals surface area contributed by atoms with Gasteiger partial charge in [-0.1, -0.05) is 12.1 Å². The highest BCUT2D eigenvalue weighted by atomic mass is 79.9. The highest BCUT2D eigenvalue weighted by Crippen LogP contribution is 2.20. The third-order valence-corrected chi connectivity index (χ3v) is 5.29. The maximum absolute atomic E-state index is 12.0. The summed E-state index contributed by atoms with van der Waals surface area (Å²) in [7, 11) is -2.44. The molecule has 0 atom stereocenters. The lowest BCUT2D eigenvalue weighted by Crippen LogP contribution is -2.28. The van der Waals surface area contributed by atoms with Crippen molar-refractivity contribution < 1.29 is 27.5 Å². The van der Waals surface area contributed by atoms with Gasteiger partial charge in [0, 0.05) is 16.7 Å². The molecule has 8 nitrogen and oxygen atoms in total. The van der Waals surface area contributed by atoms with Crippen LogP contribution in [0.5, 0.6) is 5.75 Å². The topological polar surface area (TPSA) is 103 Å². The first-order valence-electron chi connectivity index (χ1n) is 7.40.